The third-order valence-electron chi connectivity index (χ3n) is 2.12. The van der Waals surface area contributed by atoms with E-state index < -0.39 is 0 Å². The van der Waals surface area contributed by atoms with Crippen LogP contribution < -0.4 is 5.32 Å². The SMILES string of the molecule is Cc1cc(Cl)ccc1NCc1cnco1. The summed E-state index contributed by atoms with van der Waals surface area (Å²) in [7, 11) is 0. The highest BCUT2D eigenvalue weighted by Crippen LogP contribution is 2.20. The van der Waals surface area contributed by atoms with Crippen molar-refractivity contribution in [3.8, 4) is 0 Å². The van der Waals surface area contributed by atoms with Gasteiger partial charge in [0.05, 0.1) is 12.7 Å². The predicted octanol–water partition coefficient (Wildman–Crippen LogP) is 3.25. The molecular formula is C11H11ClN2O. The third-order valence-corrected chi connectivity index (χ3v) is 2.36. The Morgan fingerprint density at radius 1 is 1.47 bits per heavy atom. The lowest BCUT2D eigenvalue weighted by molar-refractivity contribution is 0.511. The molecule has 1 heterocycles. The number of benzene rings is 1. The summed E-state index contributed by atoms with van der Waals surface area (Å²) < 4.78 is 5.12. The Balaban J connectivity index is 2.05. The lowest BCUT2D eigenvalue weighted by Crippen LogP contribution is -1.99. The Labute approximate surface area is 93.1 Å². The Bertz CT molecular complexity index is 440. The summed E-state index contributed by atoms with van der Waals surface area (Å²) in [5.41, 5.74) is 2.16. The number of hydrogen-bond acceptors (Lipinski definition) is 3. The van der Waals surface area contributed by atoms with Crippen molar-refractivity contribution >= 4 is 17.3 Å². The van der Waals surface area contributed by atoms with E-state index in [4.69, 9.17) is 16.0 Å². The highest BCUT2D eigenvalue weighted by molar-refractivity contribution is 6.30. The van der Waals surface area contributed by atoms with Crippen molar-refractivity contribution in [2.24, 2.45) is 0 Å². The van der Waals surface area contributed by atoms with Crippen LogP contribution in [0.4, 0.5) is 5.69 Å². The smallest absolute Gasteiger partial charge is 0.180 e. The van der Waals surface area contributed by atoms with Crippen molar-refractivity contribution in [1.29, 1.82) is 0 Å². The van der Waals surface area contributed by atoms with Crippen LogP contribution in [-0.4, -0.2) is 4.98 Å². The van der Waals surface area contributed by atoms with Gasteiger partial charge in [-0.2, -0.15) is 0 Å². The van der Waals surface area contributed by atoms with Crippen molar-refractivity contribution in [2.75, 3.05) is 5.32 Å². The first-order valence-corrected chi connectivity index (χ1v) is 5.01. The number of nitrogens with one attached hydrogen (secondary N) is 1. The normalized spacial score (nSPS) is 10.3. The Morgan fingerprint density at radius 3 is 3.00 bits per heavy atom. The van der Waals surface area contributed by atoms with E-state index in [9.17, 15) is 0 Å². The Morgan fingerprint density at radius 2 is 2.33 bits per heavy atom. The lowest BCUT2D eigenvalue weighted by atomic mass is 10.2. The molecule has 0 saturated carbocycles. The zero-order valence-electron chi connectivity index (χ0n) is 8.33. The van der Waals surface area contributed by atoms with Gasteiger partial charge in [0.1, 0.15) is 5.76 Å². The van der Waals surface area contributed by atoms with Crippen LogP contribution in [0.2, 0.25) is 5.02 Å². The van der Waals surface area contributed by atoms with Gasteiger partial charge in [-0.25, -0.2) is 4.98 Å². The number of aryl methyl sites for hydroxylation is 1. The number of rotatable bonds is 3. The summed E-state index contributed by atoms with van der Waals surface area (Å²) >= 11 is 5.86. The van der Waals surface area contributed by atoms with E-state index in [0.717, 1.165) is 22.0 Å². The number of hydrogen-bond donors (Lipinski definition) is 1. The zero-order valence-corrected chi connectivity index (χ0v) is 9.08. The Kier molecular flexibility index (Phi) is 2.92. The highest BCUT2D eigenvalue weighted by Gasteiger charge is 2.00. The van der Waals surface area contributed by atoms with Gasteiger partial charge in [0.25, 0.3) is 0 Å². The van der Waals surface area contributed by atoms with Crippen LogP contribution in [-0.2, 0) is 6.54 Å². The monoisotopic (exact) mass is 222 g/mol. The number of oxazole rings is 1. The quantitative estimate of drug-likeness (QED) is 0.867. The van der Waals surface area contributed by atoms with Crippen LogP contribution in [0.5, 0.6) is 0 Å². The van der Waals surface area contributed by atoms with Crippen molar-refractivity contribution in [3.05, 3.63) is 47.1 Å². The molecule has 0 aliphatic heterocycles. The van der Waals surface area contributed by atoms with E-state index in [-0.39, 0.29) is 0 Å². The number of aromatic nitrogens is 1. The van der Waals surface area contributed by atoms with E-state index >= 15 is 0 Å². The fourth-order valence-electron chi connectivity index (χ4n) is 1.34. The maximum absolute atomic E-state index is 5.86. The van der Waals surface area contributed by atoms with Gasteiger partial charge >= 0.3 is 0 Å². The molecule has 4 heteroatoms. The van der Waals surface area contributed by atoms with Crippen molar-refractivity contribution in [3.63, 3.8) is 0 Å². The highest BCUT2D eigenvalue weighted by atomic mass is 35.5. The second kappa shape index (κ2) is 4.36. The first kappa shape index (κ1) is 10.1. The van der Waals surface area contributed by atoms with Gasteiger partial charge in [0, 0.05) is 10.7 Å². The average Bonchev–Trinajstić information content (AvgIpc) is 2.69. The molecule has 0 bridgehead atoms. The van der Waals surface area contributed by atoms with Crippen LogP contribution in [0, 0.1) is 6.92 Å². The number of anilines is 1. The molecule has 1 aromatic carbocycles. The van der Waals surface area contributed by atoms with Gasteiger partial charge in [0.2, 0.25) is 0 Å². The molecule has 0 saturated heterocycles. The summed E-state index contributed by atoms with van der Waals surface area (Å²) in [6, 6.07) is 5.73. The summed E-state index contributed by atoms with van der Waals surface area (Å²) in [5.74, 6) is 0.810. The largest absolute Gasteiger partial charge is 0.447 e. The minimum atomic E-state index is 0.627. The minimum Gasteiger partial charge on any atom is -0.447 e. The lowest BCUT2D eigenvalue weighted by Gasteiger charge is -2.07. The maximum Gasteiger partial charge on any atom is 0.180 e. The number of nitrogens with zero attached hydrogens (tertiary/aromatic N) is 1. The molecule has 15 heavy (non-hydrogen) atoms. The molecule has 0 spiro atoms. The predicted molar refractivity (Wildman–Crippen MR) is 60.0 cm³/mol. The number of halogens is 1. The van der Waals surface area contributed by atoms with Crippen LogP contribution >= 0.6 is 11.6 Å². The molecule has 0 radical (unpaired) electrons. The van der Waals surface area contributed by atoms with Crippen molar-refractivity contribution in [1.82, 2.24) is 4.98 Å². The van der Waals surface area contributed by atoms with E-state index in [1.165, 1.54) is 6.39 Å². The summed E-state index contributed by atoms with van der Waals surface area (Å²) in [4.78, 5) is 3.84. The summed E-state index contributed by atoms with van der Waals surface area (Å²) in [6.45, 7) is 2.64. The molecule has 0 unspecified atom stereocenters. The standard InChI is InChI=1S/C11H11ClN2O/c1-8-4-9(12)2-3-11(8)14-6-10-5-13-7-15-10/h2-5,7,14H,6H2,1H3. The molecular weight excluding hydrogens is 212 g/mol. The first-order valence-electron chi connectivity index (χ1n) is 4.63. The molecule has 1 aromatic heterocycles. The van der Waals surface area contributed by atoms with Crippen molar-refractivity contribution in [2.45, 2.75) is 13.5 Å². The van der Waals surface area contributed by atoms with Gasteiger partial charge in [-0.3, -0.25) is 0 Å². The van der Waals surface area contributed by atoms with Crippen LogP contribution in [0.15, 0.2) is 35.2 Å². The molecule has 0 fully saturated rings. The van der Waals surface area contributed by atoms with E-state index in [1.54, 1.807) is 6.20 Å². The van der Waals surface area contributed by atoms with Crippen LogP contribution in [0.25, 0.3) is 0 Å². The van der Waals surface area contributed by atoms with E-state index in [1.807, 2.05) is 25.1 Å². The molecule has 1 N–H and O–H groups in total. The van der Waals surface area contributed by atoms with Crippen LogP contribution in [0.3, 0.4) is 0 Å². The van der Waals surface area contributed by atoms with Gasteiger partial charge in [-0.1, -0.05) is 11.6 Å². The average molecular weight is 223 g/mol. The summed E-state index contributed by atoms with van der Waals surface area (Å²) in [5, 5.41) is 4.00. The molecule has 2 rings (SSSR count). The molecule has 2 aromatic rings. The van der Waals surface area contributed by atoms with Gasteiger partial charge in [-0.05, 0) is 30.7 Å². The third kappa shape index (κ3) is 2.50. The van der Waals surface area contributed by atoms with Gasteiger partial charge < -0.3 is 9.73 Å². The molecule has 0 atom stereocenters. The minimum absolute atomic E-state index is 0.627. The fraction of sp³-hybridized carbons (Fsp3) is 0.182. The topological polar surface area (TPSA) is 38.1 Å². The molecule has 3 nitrogen and oxygen atoms in total. The molecule has 0 amide bonds. The molecule has 0 aliphatic rings. The molecule has 0 aliphatic carbocycles. The van der Waals surface area contributed by atoms with Crippen LogP contribution in [0.1, 0.15) is 11.3 Å². The van der Waals surface area contributed by atoms with Gasteiger partial charge in [0.15, 0.2) is 6.39 Å². The van der Waals surface area contributed by atoms with Crippen molar-refractivity contribution < 1.29 is 4.42 Å². The second-order valence-corrected chi connectivity index (χ2v) is 3.72. The van der Waals surface area contributed by atoms with Gasteiger partial charge in [-0.15, -0.1) is 0 Å². The maximum atomic E-state index is 5.86. The summed E-state index contributed by atoms with van der Waals surface area (Å²) in [6.07, 6.45) is 3.12. The first-order chi connectivity index (χ1) is 7.25. The Hall–Kier alpha value is -1.48. The zero-order chi connectivity index (χ0) is 10.7. The van der Waals surface area contributed by atoms with E-state index in [2.05, 4.69) is 10.3 Å². The van der Waals surface area contributed by atoms with E-state index in [0.29, 0.717) is 6.54 Å². The molecule has 78 valence electrons. The fourth-order valence-corrected chi connectivity index (χ4v) is 1.56. The second-order valence-electron chi connectivity index (χ2n) is 3.28.